The predicted octanol–water partition coefficient (Wildman–Crippen LogP) is 5.30. The number of ether oxygens (including phenoxy) is 4. The summed E-state index contributed by atoms with van der Waals surface area (Å²) < 4.78 is 19.5. The van der Waals surface area contributed by atoms with E-state index in [1.807, 2.05) is 61.5 Å². The number of amides is 1. The molecule has 0 bridgehead atoms. The average Bonchev–Trinajstić information content (AvgIpc) is 2.95. The summed E-state index contributed by atoms with van der Waals surface area (Å²) in [7, 11) is 2.77. The highest BCUT2D eigenvalue weighted by Gasteiger charge is 2.43. The van der Waals surface area contributed by atoms with E-state index in [9.17, 15) is 14.7 Å². The van der Waals surface area contributed by atoms with Gasteiger partial charge in [0.25, 0.3) is 9.70 Å². The molecule has 0 radical (unpaired) electrons. The lowest BCUT2D eigenvalue weighted by molar-refractivity contribution is -0.149. The van der Waals surface area contributed by atoms with Crippen LogP contribution in [-0.2, 0) is 37.0 Å². The van der Waals surface area contributed by atoms with Gasteiger partial charge in [0, 0.05) is 6.61 Å². The fourth-order valence-electron chi connectivity index (χ4n) is 3.85. The highest BCUT2D eigenvalue weighted by molar-refractivity contribution is 6.76. The molecule has 0 heterocycles. The third-order valence-corrected chi connectivity index (χ3v) is 6.61. The third kappa shape index (κ3) is 10.9. The quantitative estimate of drug-likeness (QED) is 0.114. The average molecular weight is 617 g/mol. The van der Waals surface area contributed by atoms with Gasteiger partial charge in [-0.2, -0.15) is 0 Å². The lowest BCUT2D eigenvalue weighted by Gasteiger charge is -2.31. The minimum atomic E-state index is -2.33. The molecule has 0 saturated heterocycles. The molecule has 2 rings (SSSR count). The molecular formula is C29H36Cl3NO7. The van der Waals surface area contributed by atoms with E-state index in [-0.39, 0.29) is 19.6 Å². The number of methoxy groups -OCH3 is 2. The molecular weight excluding hydrogens is 581 g/mol. The number of esters is 1. The van der Waals surface area contributed by atoms with Crippen molar-refractivity contribution in [3.8, 4) is 5.75 Å². The first-order valence-electron chi connectivity index (χ1n) is 12.8. The van der Waals surface area contributed by atoms with Crippen molar-refractivity contribution in [1.82, 2.24) is 5.32 Å². The van der Waals surface area contributed by atoms with Crippen molar-refractivity contribution in [1.29, 1.82) is 0 Å². The zero-order chi connectivity index (χ0) is 29.6. The van der Waals surface area contributed by atoms with Crippen molar-refractivity contribution in [3.05, 3.63) is 77.9 Å². The molecule has 0 spiro atoms. The Morgan fingerprint density at radius 3 is 2.23 bits per heavy atom. The Bertz CT molecular complexity index is 1080. The van der Waals surface area contributed by atoms with Crippen LogP contribution in [0.3, 0.4) is 0 Å². The molecule has 3 atom stereocenters. The van der Waals surface area contributed by atoms with Crippen LogP contribution in [0.1, 0.15) is 37.3 Å². The van der Waals surface area contributed by atoms with Crippen LogP contribution in [0.15, 0.2) is 66.7 Å². The van der Waals surface area contributed by atoms with Crippen LogP contribution >= 0.6 is 34.8 Å². The Balaban J connectivity index is 2.16. The fraction of sp³-hybridized carbons (Fsp3) is 0.448. The fourth-order valence-corrected chi connectivity index (χ4v) is 3.99. The molecule has 2 aromatic carbocycles. The standard InChI is InChI=1S/C29H36Cl3NO7/c1-4-25(40-20-22-11-13-23(37-2)14-12-22)24(34)15-17-28(27(36)38-3,33-26(35)29(30,31)32)16-8-18-39-19-21-9-6-5-7-10-21/h5-7,9-15,17,24-25,34H,4,8,16,18-20H2,1-3H3,(H,33,35)/t24-,25-,28+/m0/s1. The van der Waals surface area contributed by atoms with E-state index in [4.69, 9.17) is 53.8 Å². The van der Waals surface area contributed by atoms with E-state index in [0.717, 1.165) is 16.9 Å². The highest BCUT2D eigenvalue weighted by atomic mass is 35.6. The second-order valence-corrected chi connectivity index (χ2v) is 11.3. The lowest BCUT2D eigenvalue weighted by atomic mass is 9.91. The van der Waals surface area contributed by atoms with Gasteiger partial charge in [0.05, 0.1) is 39.6 Å². The van der Waals surface area contributed by atoms with Crippen LogP contribution < -0.4 is 10.1 Å². The molecule has 0 unspecified atom stereocenters. The van der Waals surface area contributed by atoms with Crippen LogP contribution in [0.4, 0.5) is 0 Å². The molecule has 0 aliphatic carbocycles. The number of aliphatic hydroxyl groups is 1. The number of halogens is 3. The summed E-state index contributed by atoms with van der Waals surface area (Å²) in [5, 5.41) is 13.4. The molecule has 2 N–H and O–H groups in total. The van der Waals surface area contributed by atoms with Crippen LogP contribution in [0, 0.1) is 0 Å². The maximum Gasteiger partial charge on any atom is 0.335 e. The second-order valence-electron chi connectivity index (χ2n) is 9.01. The number of alkyl halides is 3. The number of aliphatic hydroxyl groups excluding tert-OH is 1. The monoisotopic (exact) mass is 615 g/mol. The molecule has 220 valence electrons. The zero-order valence-corrected chi connectivity index (χ0v) is 25.0. The van der Waals surface area contributed by atoms with Gasteiger partial charge in [0.15, 0.2) is 5.54 Å². The van der Waals surface area contributed by atoms with Crippen molar-refractivity contribution >= 4 is 46.7 Å². The Labute approximate surface area is 250 Å². The Morgan fingerprint density at radius 1 is 1.00 bits per heavy atom. The van der Waals surface area contributed by atoms with E-state index in [1.54, 1.807) is 7.11 Å². The maximum atomic E-state index is 13.0. The van der Waals surface area contributed by atoms with Crippen molar-refractivity contribution in [2.75, 3.05) is 20.8 Å². The van der Waals surface area contributed by atoms with Gasteiger partial charge < -0.3 is 29.4 Å². The number of nitrogens with one attached hydrogen (secondary N) is 1. The van der Waals surface area contributed by atoms with Crippen LogP contribution in [0.2, 0.25) is 0 Å². The largest absolute Gasteiger partial charge is 0.497 e. The van der Waals surface area contributed by atoms with E-state index in [0.29, 0.717) is 19.4 Å². The Hall–Kier alpha value is -2.33. The van der Waals surface area contributed by atoms with Crippen molar-refractivity contribution in [2.45, 2.75) is 60.9 Å². The van der Waals surface area contributed by atoms with Gasteiger partial charge in [-0.15, -0.1) is 0 Å². The van der Waals surface area contributed by atoms with Crippen molar-refractivity contribution in [2.24, 2.45) is 0 Å². The minimum absolute atomic E-state index is 0.0493. The van der Waals surface area contributed by atoms with Crippen LogP contribution in [0.25, 0.3) is 0 Å². The molecule has 2 aromatic rings. The van der Waals surface area contributed by atoms with E-state index in [1.165, 1.54) is 19.3 Å². The van der Waals surface area contributed by atoms with Gasteiger partial charge in [-0.3, -0.25) is 4.79 Å². The van der Waals surface area contributed by atoms with E-state index < -0.39 is 33.4 Å². The predicted molar refractivity (Wildman–Crippen MR) is 156 cm³/mol. The summed E-state index contributed by atoms with van der Waals surface area (Å²) in [4.78, 5) is 25.7. The molecule has 0 fully saturated rings. The number of rotatable bonds is 16. The summed E-state index contributed by atoms with van der Waals surface area (Å²) in [6.07, 6.45) is 1.87. The summed E-state index contributed by atoms with van der Waals surface area (Å²) in [6.45, 7) is 2.76. The summed E-state index contributed by atoms with van der Waals surface area (Å²) in [6, 6.07) is 17.0. The first kappa shape index (κ1) is 33.9. The molecule has 0 aromatic heterocycles. The van der Waals surface area contributed by atoms with Crippen molar-refractivity contribution in [3.63, 3.8) is 0 Å². The molecule has 0 saturated carbocycles. The molecule has 0 aliphatic rings. The van der Waals surface area contributed by atoms with Crippen molar-refractivity contribution < 1.29 is 33.6 Å². The highest BCUT2D eigenvalue weighted by Crippen LogP contribution is 2.29. The number of hydrogen-bond donors (Lipinski definition) is 2. The van der Waals surface area contributed by atoms with Gasteiger partial charge in [-0.25, -0.2) is 4.79 Å². The molecule has 11 heteroatoms. The lowest BCUT2D eigenvalue weighted by Crippen LogP contribution is -2.56. The number of carbonyl (C=O) groups excluding carboxylic acids is 2. The van der Waals surface area contributed by atoms with Crippen LogP contribution in [-0.4, -0.2) is 59.3 Å². The minimum Gasteiger partial charge on any atom is -0.497 e. The first-order chi connectivity index (χ1) is 19.0. The van der Waals surface area contributed by atoms with Gasteiger partial charge in [-0.05, 0) is 48.6 Å². The molecule has 40 heavy (non-hydrogen) atoms. The zero-order valence-electron chi connectivity index (χ0n) is 22.8. The molecule has 0 aliphatic heterocycles. The molecule has 1 amide bonds. The summed E-state index contributed by atoms with van der Waals surface area (Å²) in [5.74, 6) is -1.09. The smallest absolute Gasteiger partial charge is 0.335 e. The van der Waals surface area contributed by atoms with E-state index >= 15 is 0 Å². The summed E-state index contributed by atoms with van der Waals surface area (Å²) >= 11 is 17.4. The number of benzene rings is 2. The SMILES string of the molecule is CC[C@H](OCc1ccc(OC)cc1)[C@@H](O)C=C[C@@](CCCOCc1ccccc1)(NC(=O)C(Cl)(Cl)Cl)C(=O)OC. The second kappa shape index (κ2) is 16.8. The van der Waals surface area contributed by atoms with Gasteiger partial charge in [0.1, 0.15) is 5.75 Å². The van der Waals surface area contributed by atoms with Gasteiger partial charge >= 0.3 is 5.97 Å². The van der Waals surface area contributed by atoms with E-state index in [2.05, 4.69) is 5.32 Å². The number of hydrogen-bond acceptors (Lipinski definition) is 7. The van der Waals surface area contributed by atoms with Gasteiger partial charge in [0.2, 0.25) is 0 Å². The molecule has 8 nitrogen and oxygen atoms in total. The first-order valence-corrected chi connectivity index (χ1v) is 13.9. The number of carbonyl (C=O) groups is 2. The topological polar surface area (TPSA) is 103 Å². The van der Waals surface area contributed by atoms with Crippen LogP contribution in [0.5, 0.6) is 5.75 Å². The third-order valence-electron chi connectivity index (χ3n) is 6.10. The Kier molecular flexibility index (Phi) is 14.2. The Morgan fingerprint density at radius 2 is 1.65 bits per heavy atom. The summed E-state index contributed by atoms with van der Waals surface area (Å²) in [5.41, 5.74) is 0.153. The maximum absolute atomic E-state index is 13.0. The normalized spacial score (nSPS) is 14.8. The van der Waals surface area contributed by atoms with Gasteiger partial charge in [-0.1, -0.05) is 90.3 Å².